The molecule has 0 spiro atoms. The molecule has 2 heterocycles. The number of nitrogens with one attached hydrogen (secondary N) is 1. The van der Waals surface area contributed by atoms with Crippen LogP contribution in [0.15, 0.2) is 29.3 Å². The first-order chi connectivity index (χ1) is 12.7. The Labute approximate surface area is 184 Å². The predicted octanol–water partition coefficient (Wildman–Crippen LogP) is 3.33. The Hall–Kier alpha value is -0.960. The number of guanidine groups is 1. The van der Waals surface area contributed by atoms with Crippen LogP contribution in [0.5, 0.6) is 0 Å². The molecule has 1 N–H and O–H groups in total. The van der Waals surface area contributed by atoms with Gasteiger partial charge in [-0.2, -0.15) is 11.8 Å². The van der Waals surface area contributed by atoms with Gasteiger partial charge in [0, 0.05) is 57.2 Å². The van der Waals surface area contributed by atoms with Gasteiger partial charge in [-0.3, -0.25) is 9.79 Å². The predicted molar refractivity (Wildman–Crippen MR) is 125 cm³/mol. The van der Waals surface area contributed by atoms with Crippen LogP contribution in [0.4, 0.5) is 0 Å². The number of likely N-dealkylation sites (tertiary alicyclic amines) is 1. The molecule has 0 aromatic heterocycles. The summed E-state index contributed by atoms with van der Waals surface area (Å²) in [6.07, 6.45) is 2.90. The zero-order valence-electron chi connectivity index (χ0n) is 16.3. The van der Waals surface area contributed by atoms with Gasteiger partial charge < -0.3 is 15.1 Å². The SMILES string of the molecule is CCC1CN(C(=NC)NCc2ccc(CN3CCCC3=O)cc2)CCS1.I. The first kappa shape index (κ1) is 22.3. The third kappa shape index (κ3) is 6.27. The monoisotopic (exact) mass is 502 g/mol. The number of hydrogen-bond acceptors (Lipinski definition) is 3. The van der Waals surface area contributed by atoms with E-state index in [0.717, 1.165) is 45.1 Å². The molecular weight excluding hydrogens is 471 g/mol. The maximum absolute atomic E-state index is 11.7. The molecule has 1 aromatic carbocycles. The largest absolute Gasteiger partial charge is 0.352 e. The summed E-state index contributed by atoms with van der Waals surface area (Å²) in [6, 6.07) is 8.57. The normalized spacial score (nSPS) is 20.6. The van der Waals surface area contributed by atoms with Crippen molar-refractivity contribution in [3.05, 3.63) is 35.4 Å². The highest BCUT2D eigenvalue weighted by molar-refractivity contribution is 14.0. The van der Waals surface area contributed by atoms with Gasteiger partial charge in [0.05, 0.1) is 0 Å². The molecule has 2 saturated heterocycles. The zero-order valence-corrected chi connectivity index (χ0v) is 19.5. The van der Waals surface area contributed by atoms with Crippen molar-refractivity contribution >= 4 is 47.6 Å². The Balaban J connectivity index is 0.00000261. The fourth-order valence-corrected chi connectivity index (χ4v) is 4.71. The number of halogens is 1. The lowest BCUT2D eigenvalue weighted by Gasteiger charge is -2.34. The Kier molecular flexibility index (Phi) is 9.21. The lowest BCUT2D eigenvalue weighted by atomic mass is 10.1. The van der Waals surface area contributed by atoms with Crippen molar-refractivity contribution in [1.82, 2.24) is 15.1 Å². The van der Waals surface area contributed by atoms with Crippen LogP contribution in [0.3, 0.4) is 0 Å². The minimum atomic E-state index is 0. The molecule has 0 bridgehead atoms. The van der Waals surface area contributed by atoms with Gasteiger partial charge >= 0.3 is 0 Å². The minimum Gasteiger partial charge on any atom is -0.352 e. The lowest BCUT2D eigenvalue weighted by Crippen LogP contribution is -2.47. The molecule has 3 rings (SSSR count). The van der Waals surface area contributed by atoms with Crippen molar-refractivity contribution < 1.29 is 4.79 Å². The molecule has 1 unspecified atom stereocenters. The van der Waals surface area contributed by atoms with E-state index in [-0.39, 0.29) is 29.9 Å². The van der Waals surface area contributed by atoms with Crippen molar-refractivity contribution in [3.63, 3.8) is 0 Å². The molecule has 0 radical (unpaired) electrons. The van der Waals surface area contributed by atoms with Crippen LogP contribution in [-0.4, -0.2) is 59.4 Å². The molecule has 0 saturated carbocycles. The summed E-state index contributed by atoms with van der Waals surface area (Å²) in [7, 11) is 1.86. The van der Waals surface area contributed by atoms with Crippen LogP contribution in [0.2, 0.25) is 0 Å². The summed E-state index contributed by atoms with van der Waals surface area (Å²) < 4.78 is 0. The maximum atomic E-state index is 11.7. The number of benzene rings is 1. The Morgan fingerprint density at radius 2 is 2.00 bits per heavy atom. The van der Waals surface area contributed by atoms with Crippen molar-refractivity contribution in [2.45, 2.75) is 44.5 Å². The average molecular weight is 502 g/mol. The molecule has 150 valence electrons. The van der Waals surface area contributed by atoms with E-state index in [0.29, 0.717) is 11.7 Å². The second kappa shape index (κ2) is 11.1. The van der Waals surface area contributed by atoms with Gasteiger partial charge in [-0.15, -0.1) is 24.0 Å². The first-order valence-corrected chi connectivity index (χ1v) is 10.7. The smallest absolute Gasteiger partial charge is 0.222 e. The summed E-state index contributed by atoms with van der Waals surface area (Å²) in [4.78, 5) is 20.5. The number of aliphatic imine (C=N–C) groups is 1. The van der Waals surface area contributed by atoms with E-state index in [4.69, 9.17) is 0 Å². The van der Waals surface area contributed by atoms with E-state index in [1.165, 1.54) is 23.3 Å². The van der Waals surface area contributed by atoms with E-state index < -0.39 is 0 Å². The number of carbonyl (C=O) groups is 1. The summed E-state index contributed by atoms with van der Waals surface area (Å²) in [6.45, 7) is 6.79. The fraction of sp³-hybridized carbons (Fsp3) is 0.600. The third-order valence-corrected chi connectivity index (χ3v) is 6.50. The first-order valence-electron chi connectivity index (χ1n) is 9.62. The van der Waals surface area contributed by atoms with E-state index >= 15 is 0 Å². The molecule has 1 atom stereocenters. The molecule has 2 aliphatic heterocycles. The fourth-order valence-electron chi connectivity index (χ4n) is 3.53. The van der Waals surface area contributed by atoms with Gasteiger partial charge in [0.15, 0.2) is 5.96 Å². The van der Waals surface area contributed by atoms with Crippen LogP contribution in [0.1, 0.15) is 37.3 Å². The molecule has 2 fully saturated rings. The van der Waals surface area contributed by atoms with E-state index in [1.54, 1.807) is 0 Å². The number of rotatable bonds is 5. The van der Waals surface area contributed by atoms with Gasteiger partial charge in [0.2, 0.25) is 5.91 Å². The standard InChI is InChI=1S/C20H30N4OS.HI/c1-3-18-15-24(11-12-26-18)20(21-2)22-13-16-6-8-17(9-7-16)14-23-10-4-5-19(23)25;/h6-9,18H,3-5,10-15H2,1-2H3,(H,21,22);1H. The highest BCUT2D eigenvalue weighted by atomic mass is 127. The van der Waals surface area contributed by atoms with Gasteiger partial charge in [0.25, 0.3) is 0 Å². The summed E-state index contributed by atoms with van der Waals surface area (Å²) in [5.41, 5.74) is 2.44. The van der Waals surface area contributed by atoms with Gasteiger partial charge in [0.1, 0.15) is 0 Å². The average Bonchev–Trinajstić information content (AvgIpc) is 3.08. The summed E-state index contributed by atoms with van der Waals surface area (Å²) in [5.74, 6) is 2.45. The third-order valence-electron chi connectivity index (χ3n) is 5.12. The molecule has 7 heteroatoms. The van der Waals surface area contributed by atoms with Gasteiger partial charge in [-0.05, 0) is 24.0 Å². The summed E-state index contributed by atoms with van der Waals surface area (Å²) >= 11 is 2.07. The Morgan fingerprint density at radius 1 is 1.26 bits per heavy atom. The summed E-state index contributed by atoms with van der Waals surface area (Å²) in [5, 5.41) is 4.21. The minimum absolute atomic E-state index is 0. The van der Waals surface area contributed by atoms with Crippen LogP contribution in [0.25, 0.3) is 0 Å². The molecule has 1 amide bonds. The number of thioether (sulfide) groups is 1. The van der Waals surface area contributed by atoms with Crippen LogP contribution in [0, 0.1) is 0 Å². The lowest BCUT2D eigenvalue weighted by molar-refractivity contribution is -0.128. The Morgan fingerprint density at radius 3 is 2.63 bits per heavy atom. The Bertz CT molecular complexity index is 637. The number of hydrogen-bond donors (Lipinski definition) is 1. The number of amides is 1. The van der Waals surface area contributed by atoms with Crippen molar-refractivity contribution in [3.8, 4) is 0 Å². The number of carbonyl (C=O) groups excluding carboxylic acids is 1. The molecule has 2 aliphatic rings. The van der Waals surface area contributed by atoms with Crippen LogP contribution < -0.4 is 5.32 Å². The highest BCUT2D eigenvalue weighted by Crippen LogP contribution is 2.21. The van der Waals surface area contributed by atoms with Crippen molar-refractivity contribution in [2.75, 3.05) is 32.4 Å². The van der Waals surface area contributed by atoms with Gasteiger partial charge in [-0.25, -0.2) is 0 Å². The van der Waals surface area contributed by atoms with Crippen LogP contribution >= 0.6 is 35.7 Å². The van der Waals surface area contributed by atoms with Gasteiger partial charge in [-0.1, -0.05) is 31.2 Å². The topological polar surface area (TPSA) is 47.9 Å². The molecule has 5 nitrogen and oxygen atoms in total. The second-order valence-electron chi connectivity index (χ2n) is 6.98. The van der Waals surface area contributed by atoms with Crippen molar-refractivity contribution in [2.24, 2.45) is 4.99 Å². The van der Waals surface area contributed by atoms with E-state index in [9.17, 15) is 4.79 Å². The molecule has 0 aliphatic carbocycles. The van der Waals surface area contributed by atoms with E-state index in [2.05, 4.69) is 58.2 Å². The zero-order chi connectivity index (χ0) is 18.4. The van der Waals surface area contributed by atoms with E-state index in [1.807, 2.05) is 11.9 Å². The highest BCUT2D eigenvalue weighted by Gasteiger charge is 2.21. The molecular formula is C20H31IN4OS. The quantitative estimate of drug-likeness (QED) is 0.381. The number of nitrogens with zero attached hydrogens (tertiary/aromatic N) is 3. The molecule has 1 aromatic rings. The van der Waals surface area contributed by atoms with Crippen LogP contribution in [-0.2, 0) is 17.9 Å². The van der Waals surface area contributed by atoms with Crippen molar-refractivity contribution in [1.29, 1.82) is 0 Å². The second-order valence-corrected chi connectivity index (χ2v) is 8.39. The molecule has 27 heavy (non-hydrogen) atoms. The maximum Gasteiger partial charge on any atom is 0.222 e.